The summed E-state index contributed by atoms with van der Waals surface area (Å²) in [6.45, 7) is 2.00. The molecular formula is C8H9ClN6S. The van der Waals surface area contributed by atoms with E-state index in [-0.39, 0.29) is 0 Å². The third-order valence-electron chi connectivity index (χ3n) is 1.98. The molecule has 0 aliphatic rings. The number of aryl methyl sites for hydroxylation is 1. The number of hydrogen-bond donors (Lipinski definition) is 0. The first-order valence-electron chi connectivity index (χ1n) is 4.62. The Kier molecular flexibility index (Phi) is 3.35. The SMILES string of the molecule is CCc1c(Cl)ncnc1Sc1nnnn1C. The number of tetrazole rings is 1. The summed E-state index contributed by atoms with van der Waals surface area (Å²) in [7, 11) is 1.77. The van der Waals surface area contributed by atoms with Gasteiger partial charge in [0.05, 0.1) is 0 Å². The van der Waals surface area contributed by atoms with Crippen LogP contribution >= 0.6 is 23.4 Å². The van der Waals surface area contributed by atoms with E-state index in [1.807, 2.05) is 6.92 Å². The molecule has 0 atom stereocenters. The Labute approximate surface area is 101 Å². The maximum atomic E-state index is 5.99. The lowest BCUT2D eigenvalue weighted by Crippen LogP contribution is -1.97. The van der Waals surface area contributed by atoms with Crippen molar-refractivity contribution in [2.45, 2.75) is 23.5 Å². The fraction of sp³-hybridized carbons (Fsp3) is 0.375. The average Bonchev–Trinajstić information content (AvgIpc) is 2.65. The van der Waals surface area contributed by atoms with Crippen molar-refractivity contribution in [1.82, 2.24) is 30.2 Å². The first-order chi connectivity index (χ1) is 7.72. The second-order valence-corrected chi connectivity index (χ2v) is 4.30. The van der Waals surface area contributed by atoms with Crippen molar-refractivity contribution < 1.29 is 0 Å². The molecule has 0 N–H and O–H groups in total. The van der Waals surface area contributed by atoms with Gasteiger partial charge in [0, 0.05) is 12.6 Å². The van der Waals surface area contributed by atoms with E-state index in [1.54, 1.807) is 11.7 Å². The van der Waals surface area contributed by atoms with E-state index >= 15 is 0 Å². The normalized spacial score (nSPS) is 10.7. The van der Waals surface area contributed by atoms with E-state index in [1.165, 1.54) is 18.1 Å². The molecule has 0 aliphatic carbocycles. The lowest BCUT2D eigenvalue weighted by Gasteiger charge is -2.05. The molecule has 8 heteroatoms. The summed E-state index contributed by atoms with van der Waals surface area (Å²) in [4.78, 5) is 8.13. The minimum absolute atomic E-state index is 0.482. The average molecular weight is 257 g/mol. The van der Waals surface area contributed by atoms with Gasteiger partial charge in [0.2, 0.25) is 5.16 Å². The van der Waals surface area contributed by atoms with Gasteiger partial charge in [0.1, 0.15) is 16.5 Å². The molecule has 0 amide bonds. The standard InChI is InChI=1S/C8H9ClN6S/c1-3-5-6(9)10-4-11-7(5)16-8-12-13-14-15(8)2/h4H,3H2,1-2H3. The van der Waals surface area contributed by atoms with Crippen LogP contribution in [-0.4, -0.2) is 30.2 Å². The van der Waals surface area contributed by atoms with Gasteiger partial charge in [-0.3, -0.25) is 0 Å². The highest BCUT2D eigenvalue weighted by Gasteiger charge is 2.12. The van der Waals surface area contributed by atoms with Gasteiger partial charge >= 0.3 is 0 Å². The maximum absolute atomic E-state index is 5.99. The van der Waals surface area contributed by atoms with Crippen LogP contribution in [0.15, 0.2) is 16.5 Å². The Morgan fingerprint density at radius 1 is 1.44 bits per heavy atom. The molecule has 0 fully saturated rings. The summed E-state index contributed by atoms with van der Waals surface area (Å²) in [6.07, 6.45) is 2.21. The van der Waals surface area contributed by atoms with E-state index in [9.17, 15) is 0 Å². The molecule has 84 valence electrons. The lowest BCUT2D eigenvalue weighted by molar-refractivity contribution is 0.664. The molecular weight excluding hydrogens is 248 g/mol. The highest BCUT2D eigenvalue weighted by molar-refractivity contribution is 7.99. The van der Waals surface area contributed by atoms with Gasteiger partial charge in [-0.2, -0.15) is 0 Å². The molecule has 2 aromatic rings. The van der Waals surface area contributed by atoms with Crippen molar-refractivity contribution in [1.29, 1.82) is 0 Å². The molecule has 0 saturated carbocycles. The van der Waals surface area contributed by atoms with Crippen LogP contribution in [-0.2, 0) is 13.5 Å². The van der Waals surface area contributed by atoms with E-state index in [0.29, 0.717) is 10.3 Å². The zero-order valence-electron chi connectivity index (χ0n) is 8.75. The summed E-state index contributed by atoms with van der Waals surface area (Å²) in [6, 6.07) is 0. The number of aromatic nitrogens is 6. The molecule has 0 bridgehead atoms. The monoisotopic (exact) mass is 256 g/mol. The number of rotatable bonds is 3. The summed E-state index contributed by atoms with van der Waals surface area (Å²) in [5.41, 5.74) is 0.914. The zero-order valence-corrected chi connectivity index (χ0v) is 10.3. The predicted octanol–water partition coefficient (Wildman–Crippen LogP) is 1.37. The van der Waals surface area contributed by atoms with Gasteiger partial charge in [0.15, 0.2) is 0 Å². The van der Waals surface area contributed by atoms with Crippen molar-refractivity contribution in [3.05, 3.63) is 17.0 Å². The molecule has 0 unspecified atom stereocenters. The molecule has 2 aromatic heterocycles. The summed E-state index contributed by atoms with van der Waals surface area (Å²) in [5.74, 6) is 0. The topological polar surface area (TPSA) is 69.4 Å². The van der Waals surface area contributed by atoms with Crippen LogP contribution < -0.4 is 0 Å². The molecule has 0 saturated heterocycles. The van der Waals surface area contributed by atoms with Crippen LogP contribution in [0.5, 0.6) is 0 Å². The third kappa shape index (κ3) is 2.14. The number of hydrogen-bond acceptors (Lipinski definition) is 6. The maximum Gasteiger partial charge on any atom is 0.215 e. The minimum atomic E-state index is 0.482. The second kappa shape index (κ2) is 4.75. The highest BCUT2D eigenvalue weighted by atomic mass is 35.5. The molecule has 16 heavy (non-hydrogen) atoms. The van der Waals surface area contributed by atoms with Crippen LogP contribution in [0, 0.1) is 0 Å². The third-order valence-corrected chi connectivity index (χ3v) is 3.38. The molecule has 6 nitrogen and oxygen atoms in total. The van der Waals surface area contributed by atoms with Crippen molar-refractivity contribution in [3.63, 3.8) is 0 Å². The van der Waals surface area contributed by atoms with Crippen LogP contribution in [0.1, 0.15) is 12.5 Å². The first kappa shape index (κ1) is 11.3. The molecule has 2 rings (SSSR count). The van der Waals surface area contributed by atoms with Crippen molar-refractivity contribution in [2.24, 2.45) is 7.05 Å². The van der Waals surface area contributed by atoms with Crippen LogP contribution in [0.3, 0.4) is 0 Å². The van der Waals surface area contributed by atoms with E-state index in [0.717, 1.165) is 17.0 Å². The Balaban J connectivity index is 2.35. The van der Waals surface area contributed by atoms with Crippen LogP contribution in [0.25, 0.3) is 0 Å². The fourth-order valence-electron chi connectivity index (χ4n) is 1.16. The van der Waals surface area contributed by atoms with Crippen molar-refractivity contribution in [3.8, 4) is 0 Å². The Morgan fingerprint density at radius 2 is 2.25 bits per heavy atom. The lowest BCUT2D eigenvalue weighted by atomic mass is 10.3. The van der Waals surface area contributed by atoms with Crippen LogP contribution in [0.2, 0.25) is 5.15 Å². The van der Waals surface area contributed by atoms with E-state index in [2.05, 4.69) is 25.5 Å². The zero-order chi connectivity index (χ0) is 11.5. The summed E-state index contributed by atoms with van der Waals surface area (Å²) >= 11 is 7.36. The first-order valence-corrected chi connectivity index (χ1v) is 5.81. The van der Waals surface area contributed by atoms with E-state index < -0.39 is 0 Å². The van der Waals surface area contributed by atoms with Gasteiger partial charge in [-0.05, 0) is 28.6 Å². The predicted molar refractivity (Wildman–Crippen MR) is 59.3 cm³/mol. The Morgan fingerprint density at radius 3 is 2.88 bits per heavy atom. The van der Waals surface area contributed by atoms with Crippen molar-refractivity contribution >= 4 is 23.4 Å². The van der Waals surface area contributed by atoms with Gasteiger partial charge in [-0.25, -0.2) is 14.6 Å². The van der Waals surface area contributed by atoms with Gasteiger partial charge in [-0.1, -0.05) is 18.5 Å². The molecule has 2 heterocycles. The van der Waals surface area contributed by atoms with Crippen molar-refractivity contribution in [2.75, 3.05) is 0 Å². The Bertz CT molecular complexity index is 499. The van der Waals surface area contributed by atoms with E-state index in [4.69, 9.17) is 11.6 Å². The molecule has 0 radical (unpaired) electrons. The van der Waals surface area contributed by atoms with Crippen LogP contribution in [0.4, 0.5) is 0 Å². The smallest absolute Gasteiger partial charge is 0.215 e. The summed E-state index contributed by atoms with van der Waals surface area (Å²) in [5, 5.41) is 13.1. The minimum Gasteiger partial charge on any atom is -0.229 e. The van der Waals surface area contributed by atoms with Gasteiger partial charge in [-0.15, -0.1) is 5.10 Å². The largest absolute Gasteiger partial charge is 0.229 e. The highest BCUT2D eigenvalue weighted by Crippen LogP contribution is 2.29. The fourth-order valence-corrected chi connectivity index (χ4v) is 2.36. The van der Waals surface area contributed by atoms with Gasteiger partial charge in [0.25, 0.3) is 0 Å². The quantitative estimate of drug-likeness (QED) is 0.773. The molecule has 0 aliphatic heterocycles. The van der Waals surface area contributed by atoms with Gasteiger partial charge < -0.3 is 0 Å². The molecule has 0 spiro atoms. The molecule has 0 aromatic carbocycles. The second-order valence-electron chi connectivity index (χ2n) is 2.99. The Hall–Kier alpha value is -1.21. The number of halogens is 1. The number of nitrogens with zero attached hydrogens (tertiary/aromatic N) is 6. The summed E-state index contributed by atoms with van der Waals surface area (Å²) < 4.78 is 1.58.